The first-order chi connectivity index (χ1) is 12.5. The van der Waals surface area contributed by atoms with E-state index in [4.69, 9.17) is 4.74 Å². The molecule has 0 aliphatic heterocycles. The summed E-state index contributed by atoms with van der Waals surface area (Å²) in [7, 11) is 5.81. The molecule has 3 nitrogen and oxygen atoms in total. The highest BCUT2D eigenvalue weighted by Crippen LogP contribution is 2.46. The summed E-state index contributed by atoms with van der Waals surface area (Å²) in [6.45, 7) is 0.856. The monoisotopic (exact) mass is 351 g/mol. The van der Waals surface area contributed by atoms with Crippen molar-refractivity contribution >= 4 is 6.08 Å². The van der Waals surface area contributed by atoms with Gasteiger partial charge in [-0.15, -0.1) is 0 Å². The van der Waals surface area contributed by atoms with Crippen LogP contribution >= 0.6 is 0 Å². The van der Waals surface area contributed by atoms with Crippen molar-refractivity contribution in [1.29, 1.82) is 0 Å². The Hall–Kier alpha value is -2.10. The van der Waals surface area contributed by atoms with E-state index in [1.165, 1.54) is 0 Å². The average Bonchev–Trinajstić information content (AvgIpc) is 2.65. The van der Waals surface area contributed by atoms with Crippen LogP contribution in [0.25, 0.3) is 6.08 Å². The molecule has 1 N–H and O–H groups in total. The van der Waals surface area contributed by atoms with Crippen molar-refractivity contribution < 1.29 is 9.84 Å². The third kappa shape index (κ3) is 3.84. The molecule has 2 atom stereocenters. The zero-order chi connectivity index (χ0) is 18.6. The number of methoxy groups -OCH3 is 1. The van der Waals surface area contributed by atoms with Crippen LogP contribution in [0.1, 0.15) is 30.4 Å². The van der Waals surface area contributed by atoms with Gasteiger partial charge in [-0.1, -0.05) is 48.5 Å². The summed E-state index contributed by atoms with van der Waals surface area (Å²) >= 11 is 0. The summed E-state index contributed by atoms with van der Waals surface area (Å²) in [5.74, 6) is 0.973. The first kappa shape index (κ1) is 18.7. The summed E-state index contributed by atoms with van der Waals surface area (Å²) in [5.41, 5.74) is 2.24. The van der Waals surface area contributed by atoms with Gasteiger partial charge < -0.3 is 14.7 Å². The van der Waals surface area contributed by atoms with Gasteiger partial charge in [0, 0.05) is 12.5 Å². The molecule has 2 unspecified atom stereocenters. The third-order valence-corrected chi connectivity index (χ3v) is 5.34. The van der Waals surface area contributed by atoms with Gasteiger partial charge in [0.1, 0.15) is 11.4 Å². The van der Waals surface area contributed by atoms with E-state index in [1.807, 2.05) is 42.5 Å². The Morgan fingerprint density at radius 1 is 1.12 bits per heavy atom. The zero-order valence-corrected chi connectivity index (χ0v) is 16.0. The Balaban J connectivity index is 2.07. The number of hydrogen-bond acceptors (Lipinski definition) is 3. The van der Waals surface area contributed by atoms with Crippen LogP contribution in [0, 0.1) is 5.92 Å². The lowest BCUT2D eigenvalue weighted by Gasteiger charge is -2.44. The van der Waals surface area contributed by atoms with Crippen LogP contribution in [0.5, 0.6) is 5.75 Å². The van der Waals surface area contributed by atoms with Gasteiger partial charge >= 0.3 is 0 Å². The van der Waals surface area contributed by atoms with E-state index >= 15 is 0 Å². The fourth-order valence-electron chi connectivity index (χ4n) is 4.06. The van der Waals surface area contributed by atoms with Crippen LogP contribution in [0.2, 0.25) is 0 Å². The Bertz CT molecular complexity index is 737. The molecule has 0 heterocycles. The molecule has 3 heteroatoms. The molecule has 1 aliphatic carbocycles. The molecule has 1 fully saturated rings. The third-order valence-electron chi connectivity index (χ3n) is 5.34. The SMILES string of the molecule is COc1ccc(C2(O)/C(=C\c3ccccc3)CCCC2CN(C)C)cc1. The largest absolute Gasteiger partial charge is 0.497 e. The van der Waals surface area contributed by atoms with Crippen LogP contribution in [-0.2, 0) is 5.60 Å². The second-order valence-corrected chi connectivity index (χ2v) is 7.43. The van der Waals surface area contributed by atoms with Crippen LogP contribution < -0.4 is 4.74 Å². The maximum atomic E-state index is 12.0. The predicted octanol–water partition coefficient (Wildman–Crippen LogP) is 4.33. The molecule has 0 radical (unpaired) electrons. The number of hydrogen-bond donors (Lipinski definition) is 1. The standard InChI is InChI=1S/C23H29NO2/c1-24(2)17-21-11-7-10-20(16-18-8-5-4-6-9-18)23(21,25)19-12-14-22(26-3)15-13-19/h4-6,8-9,12-16,21,25H,7,10-11,17H2,1-3H3/b20-16-. The zero-order valence-electron chi connectivity index (χ0n) is 16.0. The Morgan fingerprint density at radius 2 is 1.81 bits per heavy atom. The minimum Gasteiger partial charge on any atom is -0.497 e. The topological polar surface area (TPSA) is 32.7 Å². The van der Waals surface area contributed by atoms with Crippen molar-refractivity contribution in [1.82, 2.24) is 4.90 Å². The maximum Gasteiger partial charge on any atom is 0.118 e. The van der Waals surface area contributed by atoms with Gasteiger partial charge in [0.15, 0.2) is 0 Å². The number of aliphatic hydroxyl groups is 1. The number of ether oxygens (including phenoxy) is 1. The van der Waals surface area contributed by atoms with Crippen LogP contribution in [0.4, 0.5) is 0 Å². The van der Waals surface area contributed by atoms with E-state index in [1.54, 1.807) is 7.11 Å². The van der Waals surface area contributed by atoms with Gasteiger partial charge in [-0.3, -0.25) is 0 Å². The quantitative estimate of drug-likeness (QED) is 0.870. The molecule has 1 saturated carbocycles. The van der Waals surface area contributed by atoms with Gasteiger partial charge in [0.05, 0.1) is 7.11 Å². The Morgan fingerprint density at radius 3 is 2.42 bits per heavy atom. The molecule has 26 heavy (non-hydrogen) atoms. The maximum absolute atomic E-state index is 12.0. The molecular weight excluding hydrogens is 322 g/mol. The molecule has 0 amide bonds. The molecule has 138 valence electrons. The molecule has 0 spiro atoms. The van der Waals surface area contributed by atoms with Gasteiger partial charge in [0.2, 0.25) is 0 Å². The highest BCUT2D eigenvalue weighted by Gasteiger charge is 2.44. The molecule has 0 bridgehead atoms. The van der Waals surface area contributed by atoms with E-state index < -0.39 is 5.60 Å². The molecule has 2 aromatic rings. The molecule has 0 aromatic heterocycles. The average molecular weight is 351 g/mol. The lowest BCUT2D eigenvalue weighted by molar-refractivity contribution is -0.0174. The minimum absolute atomic E-state index is 0.162. The van der Waals surface area contributed by atoms with Crippen molar-refractivity contribution in [3.63, 3.8) is 0 Å². The predicted molar refractivity (Wildman–Crippen MR) is 107 cm³/mol. The molecule has 1 aliphatic rings. The van der Waals surface area contributed by atoms with Crippen LogP contribution in [0.3, 0.4) is 0 Å². The fraction of sp³-hybridized carbons (Fsp3) is 0.391. The van der Waals surface area contributed by atoms with Crippen molar-refractivity contribution in [3.8, 4) is 5.75 Å². The summed E-state index contributed by atoms with van der Waals surface area (Å²) in [6, 6.07) is 18.2. The Kier molecular flexibility index (Phi) is 5.80. The van der Waals surface area contributed by atoms with Crippen LogP contribution in [0.15, 0.2) is 60.2 Å². The lowest BCUT2D eigenvalue weighted by Crippen LogP contribution is -2.44. The van der Waals surface area contributed by atoms with E-state index in [0.717, 1.165) is 48.3 Å². The first-order valence-electron chi connectivity index (χ1n) is 9.31. The fourth-order valence-corrected chi connectivity index (χ4v) is 4.06. The van der Waals surface area contributed by atoms with Gasteiger partial charge in [-0.05, 0) is 62.2 Å². The summed E-state index contributed by atoms with van der Waals surface area (Å²) in [6.07, 6.45) is 5.22. The second kappa shape index (κ2) is 8.07. The second-order valence-electron chi connectivity index (χ2n) is 7.43. The normalized spacial score (nSPS) is 24.8. The van der Waals surface area contributed by atoms with Crippen molar-refractivity contribution in [2.24, 2.45) is 5.92 Å². The summed E-state index contributed by atoms with van der Waals surface area (Å²) in [5, 5.41) is 12.0. The van der Waals surface area contributed by atoms with Crippen LogP contribution in [-0.4, -0.2) is 37.8 Å². The van der Waals surface area contributed by atoms with Gasteiger partial charge in [-0.25, -0.2) is 0 Å². The van der Waals surface area contributed by atoms with E-state index in [-0.39, 0.29) is 5.92 Å². The smallest absolute Gasteiger partial charge is 0.118 e. The molecular formula is C23H29NO2. The van der Waals surface area contributed by atoms with Gasteiger partial charge in [0.25, 0.3) is 0 Å². The van der Waals surface area contributed by atoms with E-state index in [0.29, 0.717) is 0 Å². The number of benzene rings is 2. The van der Waals surface area contributed by atoms with Crippen molar-refractivity contribution in [2.45, 2.75) is 24.9 Å². The molecule has 2 aromatic carbocycles. The minimum atomic E-state index is -0.954. The van der Waals surface area contributed by atoms with Crippen molar-refractivity contribution in [3.05, 3.63) is 71.3 Å². The van der Waals surface area contributed by atoms with E-state index in [9.17, 15) is 5.11 Å². The Labute approximate surface area is 156 Å². The van der Waals surface area contributed by atoms with E-state index in [2.05, 4.69) is 37.2 Å². The number of rotatable bonds is 5. The summed E-state index contributed by atoms with van der Waals surface area (Å²) < 4.78 is 5.30. The van der Waals surface area contributed by atoms with Gasteiger partial charge in [-0.2, -0.15) is 0 Å². The lowest BCUT2D eigenvalue weighted by atomic mass is 9.67. The highest BCUT2D eigenvalue weighted by molar-refractivity contribution is 5.57. The first-order valence-corrected chi connectivity index (χ1v) is 9.31. The molecule has 3 rings (SSSR count). The number of nitrogens with zero attached hydrogens (tertiary/aromatic N) is 1. The molecule has 0 saturated heterocycles. The van der Waals surface area contributed by atoms with Crippen molar-refractivity contribution in [2.75, 3.05) is 27.7 Å². The summed E-state index contributed by atoms with van der Waals surface area (Å²) in [4.78, 5) is 2.17. The highest BCUT2D eigenvalue weighted by atomic mass is 16.5.